The number of benzene rings is 2. The van der Waals surface area contributed by atoms with Crippen LogP contribution >= 0.6 is 0 Å². The largest absolute Gasteiger partial charge is 0.434 e. The Balaban J connectivity index is 2.21. The van der Waals surface area contributed by atoms with Crippen LogP contribution in [0.4, 0.5) is 33.3 Å². The average molecular weight is 402 g/mol. The van der Waals surface area contributed by atoms with Crippen LogP contribution < -0.4 is 10.1 Å². The number of rotatable bonds is 6. The quantitative estimate of drug-likeness (QED) is 0.324. The second kappa shape index (κ2) is 8.46. The summed E-state index contributed by atoms with van der Waals surface area (Å²) in [4.78, 5) is 21.9. The predicted molar refractivity (Wildman–Crippen MR) is 88.8 cm³/mol. The molecule has 0 saturated carbocycles. The summed E-state index contributed by atoms with van der Waals surface area (Å²) in [6.07, 6.45) is -2.81. The van der Waals surface area contributed by atoms with Crippen molar-refractivity contribution in [3.8, 4) is 5.75 Å². The molecular formula is C17H11F5N2O4. The SMILES string of the molecule is O=C(/C=C/c1cc([N+](=O)[O-])ccc1OC(F)F)Nc1cccc(C(F)(F)F)c1. The third-order valence-corrected chi connectivity index (χ3v) is 3.29. The third-order valence-electron chi connectivity index (χ3n) is 3.29. The number of alkyl halides is 5. The smallest absolute Gasteiger partial charge is 0.416 e. The summed E-state index contributed by atoms with van der Waals surface area (Å²) < 4.78 is 67.1. The highest BCUT2D eigenvalue weighted by molar-refractivity contribution is 6.02. The van der Waals surface area contributed by atoms with Crippen molar-refractivity contribution in [3.63, 3.8) is 0 Å². The molecule has 0 atom stereocenters. The molecule has 2 aromatic rings. The number of anilines is 1. The lowest BCUT2D eigenvalue weighted by Gasteiger charge is -2.09. The van der Waals surface area contributed by atoms with E-state index in [4.69, 9.17) is 0 Å². The third kappa shape index (κ3) is 5.76. The van der Waals surface area contributed by atoms with Crippen LogP contribution in [0.25, 0.3) is 6.08 Å². The molecule has 148 valence electrons. The number of non-ortho nitro benzene ring substituents is 1. The molecule has 0 unspecified atom stereocenters. The van der Waals surface area contributed by atoms with Crippen LogP contribution in [0.1, 0.15) is 11.1 Å². The molecule has 0 aromatic heterocycles. The summed E-state index contributed by atoms with van der Waals surface area (Å²) in [7, 11) is 0. The van der Waals surface area contributed by atoms with Crippen molar-refractivity contribution in [2.45, 2.75) is 12.8 Å². The summed E-state index contributed by atoms with van der Waals surface area (Å²) in [6, 6.07) is 6.64. The first-order valence-corrected chi connectivity index (χ1v) is 7.46. The molecule has 11 heteroatoms. The van der Waals surface area contributed by atoms with Crippen molar-refractivity contribution in [1.82, 2.24) is 0 Å². The number of hydrogen-bond donors (Lipinski definition) is 1. The number of carbonyl (C=O) groups is 1. The number of nitrogens with one attached hydrogen (secondary N) is 1. The van der Waals surface area contributed by atoms with Gasteiger partial charge in [-0.25, -0.2) is 0 Å². The van der Waals surface area contributed by atoms with Gasteiger partial charge in [0.05, 0.1) is 10.5 Å². The molecule has 0 heterocycles. The number of amides is 1. The Kier molecular flexibility index (Phi) is 6.29. The second-order valence-corrected chi connectivity index (χ2v) is 5.26. The summed E-state index contributed by atoms with van der Waals surface area (Å²) >= 11 is 0. The van der Waals surface area contributed by atoms with Crippen molar-refractivity contribution >= 4 is 23.4 Å². The fourth-order valence-corrected chi connectivity index (χ4v) is 2.11. The number of ether oxygens (including phenoxy) is 1. The van der Waals surface area contributed by atoms with Gasteiger partial charge in [0.15, 0.2) is 0 Å². The molecule has 0 fully saturated rings. The van der Waals surface area contributed by atoms with Gasteiger partial charge in [-0.05, 0) is 30.3 Å². The van der Waals surface area contributed by atoms with Crippen molar-refractivity contribution in [2.75, 3.05) is 5.32 Å². The molecule has 0 saturated heterocycles. The molecule has 0 radical (unpaired) electrons. The Hall–Kier alpha value is -3.50. The van der Waals surface area contributed by atoms with Crippen LogP contribution in [0.5, 0.6) is 5.75 Å². The monoisotopic (exact) mass is 402 g/mol. The average Bonchev–Trinajstić information content (AvgIpc) is 2.59. The molecule has 2 aromatic carbocycles. The molecule has 28 heavy (non-hydrogen) atoms. The van der Waals surface area contributed by atoms with E-state index in [9.17, 15) is 36.9 Å². The minimum atomic E-state index is -4.60. The molecule has 0 aliphatic carbocycles. The molecule has 6 nitrogen and oxygen atoms in total. The normalized spacial score (nSPS) is 11.6. The van der Waals surface area contributed by atoms with E-state index >= 15 is 0 Å². The summed E-state index contributed by atoms with van der Waals surface area (Å²) in [6.45, 7) is -3.20. The van der Waals surface area contributed by atoms with Gasteiger partial charge in [0.1, 0.15) is 5.75 Å². The van der Waals surface area contributed by atoms with Crippen LogP contribution in [-0.2, 0) is 11.0 Å². The summed E-state index contributed by atoms with van der Waals surface area (Å²) in [5, 5.41) is 13.0. The predicted octanol–water partition coefficient (Wildman–Crippen LogP) is 4.87. The van der Waals surface area contributed by atoms with Gasteiger partial charge in [0.2, 0.25) is 5.91 Å². The number of halogens is 5. The Labute approximate surface area is 154 Å². The highest BCUT2D eigenvalue weighted by Crippen LogP contribution is 2.31. The highest BCUT2D eigenvalue weighted by Gasteiger charge is 2.30. The van der Waals surface area contributed by atoms with E-state index in [2.05, 4.69) is 10.1 Å². The maximum Gasteiger partial charge on any atom is 0.416 e. The molecule has 0 bridgehead atoms. The van der Waals surface area contributed by atoms with Crippen LogP contribution in [0.15, 0.2) is 48.5 Å². The second-order valence-electron chi connectivity index (χ2n) is 5.26. The first kappa shape index (κ1) is 20.8. The number of hydrogen-bond acceptors (Lipinski definition) is 4. The number of nitrogens with zero attached hydrogens (tertiary/aromatic N) is 1. The van der Waals surface area contributed by atoms with Crippen LogP contribution in [0, 0.1) is 10.1 Å². The highest BCUT2D eigenvalue weighted by atomic mass is 19.4. The molecule has 0 aliphatic heterocycles. The van der Waals surface area contributed by atoms with Crippen molar-refractivity contribution in [3.05, 3.63) is 69.8 Å². The maximum atomic E-state index is 12.7. The summed E-state index contributed by atoms with van der Waals surface area (Å²) in [5.74, 6) is -1.29. The zero-order valence-electron chi connectivity index (χ0n) is 13.7. The van der Waals surface area contributed by atoms with Crippen LogP contribution in [0.3, 0.4) is 0 Å². The van der Waals surface area contributed by atoms with Gasteiger partial charge in [0.25, 0.3) is 5.69 Å². The lowest BCUT2D eigenvalue weighted by Crippen LogP contribution is -2.10. The van der Waals surface area contributed by atoms with Gasteiger partial charge in [-0.15, -0.1) is 0 Å². The van der Waals surface area contributed by atoms with E-state index in [1.54, 1.807) is 0 Å². The number of nitro groups is 1. The lowest BCUT2D eigenvalue weighted by molar-refractivity contribution is -0.384. The molecule has 0 aliphatic rings. The lowest BCUT2D eigenvalue weighted by atomic mass is 10.1. The Bertz CT molecular complexity index is 913. The van der Waals surface area contributed by atoms with E-state index in [0.29, 0.717) is 6.07 Å². The van der Waals surface area contributed by atoms with Gasteiger partial charge in [-0.1, -0.05) is 6.07 Å². The minimum absolute atomic E-state index is 0.146. The van der Waals surface area contributed by atoms with E-state index in [1.165, 1.54) is 6.07 Å². The minimum Gasteiger partial charge on any atom is -0.434 e. The summed E-state index contributed by atoms with van der Waals surface area (Å²) in [5.41, 5.74) is -1.73. The van der Waals surface area contributed by atoms with E-state index in [0.717, 1.165) is 42.5 Å². The molecule has 1 amide bonds. The van der Waals surface area contributed by atoms with Gasteiger partial charge in [-0.2, -0.15) is 22.0 Å². The van der Waals surface area contributed by atoms with Crippen molar-refractivity contribution in [2.24, 2.45) is 0 Å². The number of carbonyl (C=O) groups excluding carboxylic acids is 1. The van der Waals surface area contributed by atoms with Gasteiger partial charge in [0, 0.05) is 29.5 Å². The Morgan fingerprint density at radius 1 is 1.18 bits per heavy atom. The fraction of sp³-hybridized carbons (Fsp3) is 0.118. The molecular weight excluding hydrogens is 391 g/mol. The maximum absolute atomic E-state index is 12.7. The van der Waals surface area contributed by atoms with Gasteiger partial charge >= 0.3 is 12.8 Å². The molecule has 0 spiro atoms. The number of nitro benzene ring substituents is 1. The van der Waals surface area contributed by atoms with E-state index in [-0.39, 0.29) is 11.3 Å². The van der Waals surface area contributed by atoms with Gasteiger partial charge in [-0.3, -0.25) is 14.9 Å². The van der Waals surface area contributed by atoms with Crippen molar-refractivity contribution in [1.29, 1.82) is 0 Å². The standard InChI is InChI=1S/C17H11F5N2O4/c18-16(19)28-14-6-5-13(24(26)27)8-10(14)4-7-15(25)23-12-3-1-2-11(9-12)17(20,21)22/h1-9,16H,(H,23,25)/b7-4+. The Morgan fingerprint density at radius 3 is 2.50 bits per heavy atom. The van der Waals surface area contributed by atoms with E-state index < -0.39 is 40.6 Å². The Morgan fingerprint density at radius 2 is 1.89 bits per heavy atom. The zero-order chi connectivity index (χ0) is 20.9. The first-order valence-electron chi connectivity index (χ1n) is 7.46. The topological polar surface area (TPSA) is 81.5 Å². The molecule has 2 rings (SSSR count). The van der Waals surface area contributed by atoms with Crippen molar-refractivity contribution < 1.29 is 36.4 Å². The van der Waals surface area contributed by atoms with Gasteiger partial charge < -0.3 is 10.1 Å². The van der Waals surface area contributed by atoms with Crippen LogP contribution in [0.2, 0.25) is 0 Å². The van der Waals surface area contributed by atoms with E-state index in [1.807, 2.05) is 0 Å². The van der Waals surface area contributed by atoms with Crippen LogP contribution in [-0.4, -0.2) is 17.4 Å². The fourth-order valence-electron chi connectivity index (χ4n) is 2.11. The molecule has 1 N–H and O–H groups in total. The zero-order valence-corrected chi connectivity index (χ0v) is 13.7. The first-order chi connectivity index (χ1) is 13.1.